The quantitative estimate of drug-likeness (QED) is 0.671. The number of aliphatic hydroxyl groups excluding tert-OH is 1. The van der Waals surface area contributed by atoms with E-state index in [2.05, 4.69) is 27.2 Å². The van der Waals surface area contributed by atoms with Crippen molar-refractivity contribution in [2.45, 2.75) is 54.6 Å². The summed E-state index contributed by atoms with van der Waals surface area (Å²) in [7, 11) is 4.79. The topological polar surface area (TPSA) is 81.6 Å². The normalized spacial score (nSPS) is 28.0. The third-order valence-corrected chi connectivity index (χ3v) is 8.65. The van der Waals surface area contributed by atoms with E-state index in [1.807, 2.05) is 12.1 Å². The number of aryl methyl sites for hydroxylation is 1. The first-order valence-electron chi connectivity index (χ1n) is 11.1. The molecule has 1 saturated carbocycles. The molecule has 9 heteroatoms. The Balaban J connectivity index is 1.31. The van der Waals surface area contributed by atoms with Crippen LogP contribution in [0.25, 0.3) is 0 Å². The van der Waals surface area contributed by atoms with Gasteiger partial charge in [0.05, 0.1) is 28.6 Å². The summed E-state index contributed by atoms with van der Waals surface area (Å²) in [5.41, 5.74) is 2.58. The summed E-state index contributed by atoms with van der Waals surface area (Å²) in [6, 6.07) is 8.80. The lowest BCUT2D eigenvalue weighted by atomic mass is 9.96. The first kappa shape index (κ1) is 19.6. The van der Waals surface area contributed by atoms with Crippen molar-refractivity contribution in [3.63, 3.8) is 0 Å². The minimum atomic E-state index is -1.07. The van der Waals surface area contributed by atoms with E-state index in [0.29, 0.717) is 23.7 Å². The Kier molecular flexibility index (Phi) is 4.54. The Hall–Kier alpha value is -2.13. The number of hydrogen-bond donors (Lipinski definition) is 2. The van der Waals surface area contributed by atoms with Gasteiger partial charge in [0.15, 0.2) is 0 Å². The van der Waals surface area contributed by atoms with Crippen LogP contribution in [0.15, 0.2) is 29.2 Å². The number of benzene rings is 1. The maximum absolute atomic E-state index is 12.6. The molecule has 3 aliphatic heterocycles. The molecule has 0 amide bonds. The minimum absolute atomic E-state index is 0.0687. The van der Waals surface area contributed by atoms with Gasteiger partial charge >= 0.3 is 0 Å². The van der Waals surface area contributed by atoms with Gasteiger partial charge in [-0.2, -0.15) is 4.98 Å². The van der Waals surface area contributed by atoms with Crippen molar-refractivity contribution in [1.82, 2.24) is 9.97 Å². The molecule has 3 atom stereocenters. The van der Waals surface area contributed by atoms with Crippen LogP contribution in [0.4, 0.5) is 17.5 Å². The van der Waals surface area contributed by atoms with Crippen molar-refractivity contribution in [2.75, 3.05) is 40.6 Å². The standard InChI is InChI=1S/C22H26BN5O2S/c23-14-1-3-15(4-2-14)27-11-16-5-6-17(12-27)28(16)21-24-18-7-10-31(30)19(18)20(25-21)26-22(13-29)8-9-22/h1-4,16-17,29H,5-13H2,(H,24,25,26). The van der Waals surface area contributed by atoms with Crippen LogP contribution in [0.3, 0.4) is 0 Å². The molecule has 6 rings (SSSR count). The van der Waals surface area contributed by atoms with Gasteiger partial charge in [0, 0.05) is 43.0 Å². The van der Waals surface area contributed by atoms with Crippen LogP contribution in [-0.4, -0.2) is 70.2 Å². The number of aromatic nitrogens is 2. The summed E-state index contributed by atoms with van der Waals surface area (Å²) in [6.07, 6.45) is 4.78. The van der Waals surface area contributed by atoms with Gasteiger partial charge in [0.2, 0.25) is 5.95 Å². The van der Waals surface area contributed by atoms with Crippen LogP contribution >= 0.6 is 0 Å². The second kappa shape index (κ2) is 7.20. The van der Waals surface area contributed by atoms with E-state index in [9.17, 15) is 9.32 Å². The lowest BCUT2D eigenvalue weighted by Gasteiger charge is -2.42. The number of nitrogens with zero attached hydrogens (tertiary/aromatic N) is 4. The molecule has 31 heavy (non-hydrogen) atoms. The molecule has 2 saturated heterocycles. The van der Waals surface area contributed by atoms with Crippen molar-refractivity contribution in [3.8, 4) is 0 Å². The van der Waals surface area contributed by atoms with Gasteiger partial charge in [-0.1, -0.05) is 17.6 Å². The summed E-state index contributed by atoms with van der Waals surface area (Å²) in [4.78, 5) is 15.4. The summed E-state index contributed by atoms with van der Waals surface area (Å²) < 4.78 is 12.6. The van der Waals surface area contributed by atoms with Gasteiger partial charge in [-0.25, -0.2) is 4.98 Å². The largest absolute Gasteiger partial charge is 0.394 e. The fourth-order valence-electron chi connectivity index (χ4n) is 5.23. The summed E-state index contributed by atoms with van der Waals surface area (Å²) in [6.45, 7) is 1.92. The highest BCUT2D eigenvalue weighted by Crippen LogP contribution is 2.42. The molecule has 3 unspecified atom stereocenters. The van der Waals surface area contributed by atoms with Crippen molar-refractivity contribution in [2.24, 2.45) is 0 Å². The van der Waals surface area contributed by atoms with Crippen LogP contribution in [-0.2, 0) is 17.2 Å². The first-order valence-corrected chi connectivity index (χ1v) is 12.4. The molecule has 3 fully saturated rings. The van der Waals surface area contributed by atoms with Gasteiger partial charge in [0.25, 0.3) is 0 Å². The van der Waals surface area contributed by atoms with Gasteiger partial charge in [0.1, 0.15) is 18.6 Å². The molecule has 2 N–H and O–H groups in total. The Morgan fingerprint density at radius 3 is 2.52 bits per heavy atom. The van der Waals surface area contributed by atoms with Gasteiger partial charge in [-0.3, -0.25) is 4.21 Å². The maximum Gasteiger partial charge on any atom is 0.228 e. The van der Waals surface area contributed by atoms with E-state index < -0.39 is 10.8 Å². The van der Waals surface area contributed by atoms with Gasteiger partial charge in [-0.15, -0.1) is 0 Å². The third kappa shape index (κ3) is 3.33. The van der Waals surface area contributed by atoms with Crippen molar-refractivity contribution >= 4 is 41.6 Å². The molecule has 1 aromatic carbocycles. The summed E-state index contributed by atoms with van der Waals surface area (Å²) in [5.74, 6) is 2.02. The number of fused-ring (bicyclic) bond motifs is 3. The SMILES string of the molecule is [B]c1ccc(N2CC3CCC(C2)N3c2nc3c(c(NC4(CO)CC4)n2)S(=O)CC3)cc1. The molecule has 0 spiro atoms. The van der Waals surface area contributed by atoms with Gasteiger partial charge < -0.3 is 20.2 Å². The Bertz CT molecular complexity index is 1030. The number of nitrogens with one attached hydrogen (secondary N) is 1. The molecule has 1 aromatic heterocycles. The number of rotatable bonds is 5. The number of aliphatic hydroxyl groups is 1. The number of hydrogen-bond acceptors (Lipinski definition) is 7. The van der Waals surface area contributed by atoms with E-state index in [4.69, 9.17) is 17.8 Å². The van der Waals surface area contributed by atoms with Crippen LogP contribution < -0.4 is 20.6 Å². The Labute approximate surface area is 186 Å². The molecule has 7 nitrogen and oxygen atoms in total. The molecule has 2 bridgehead atoms. The molecule has 4 heterocycles. The van der Waals surface area contributed by atoms with Gasteiger partial charge in [-0.05, 0) is 37.8 Å². The highest BCUT2D eigenvalue weighted by Gasteiger charge is 2.45. The zero-order chi connectivity index (χ0) is 21.2. The average Bonchev–Trinajstić information content (AvgIpc) is 3.37. The zero-order valence-electron chi connectivity index (χ0n) is 17.5. The fourth-order valence-corrected chi connectivity index (χ4v) is 6.54. The molecule has 1 aliphatic carbocycles. The van der Waals surface area contributed by atoms with E-state index >= 15 is 0 Å². The molecule has 160 valence electrons. The Morgan fingerprint density at radius 1 is 1.16 bits per heavy atom. The minimum Gasteiger partial charge on any atom is -0.394 e. The predicted molar refractivity (Wildman–Crippen MR) is 123 cm³/mol. The van der Waals surface area contributed by atoms with Crippen LogP contribution in [0.5, 0.6) is 0 Å². The van der Waals surface area contributed by atoms with E-state index in [1.54, 1.807) is 0 Å². The fraction of sp³-hybridized carbons (Fsp3) is 0.545. The van der Waals surface area contributed by atoms with Crippen LogP contribution in [0, 0.1) is 0 Å². The average molecular weight is 435 g/mol. The van der Waals surface area contributed by atoms with E-state index in [-0.39, 0.29) is 12.1 Å². The van der Waals surface area contributed by atoms with Crippen molar-refractivity contribution < 1.29 is 9.32 Å². The van der Waals surface area contributed by atoms with Crippen LogP contribution in [0.2, 0.25) is 0 Å². The van der Waals surface area contributed by atoms with E-state index in [0.717, 1.165) is 67.2 Å². The van der Waals surface area contributed by atoms with Crippen LogP contribution in [0.1, 0.15) is 31.4 Å². The lowest BCUT2D eigenvalue weighted by molar-refractivity contribution is 0.265. The summed E-state index contributed by atoms with van der Waals surface area (Å²) >= 11 is 0. The van der Waals surface area contributed by atoms with E-state index in [1.165, 1.54) is 5.69 Å². The Morgan fingerprint density at radius 2 is 1.87 bits per heavy atom. The second-order valence-electron chi connectivity index (χ2n) is 9.30. The smallest absolute Gasteiger partial charge is 0.228 e. The second-order valence-corrected chi connectivity index (χ2v) is 10.8. The molecular weight excluding hydrogens is 409 g/mol. The third-order valence-electron chi connectivity index (χ3n) is 7.19. The highest BCUT2D eigenvalue weighted by molar-refractivity contribution is 7.85. The van der Waals surface area contributed by atoms with Crippen molar-refractivity contribution in [3.05, 3.63) is 30.0 Å². The predicted octanol–water partition coefficient (Wildman–Crippen LogP) is 0.728. The molecule has 2 aromatic rings. The zero-order valence-corrected chi connectivity index (χ0v) is 18.3. The lowest BCUT2D eigenvalue weighted by Crippen LogP contribution is -2.54. The summed E-state index contributed by atoms with van der Waals surface area (Å²) in [5, 5.41) is 13.2. The highest BCUT2D eigenvalue weighted by atomic mass is 32.2. The molecular formula is C22H26BN5O2S. The maximum atomic E-state index is 12.6. The monoisotopic (exact) mass is 435 g/mol. The number of piperazine rings is 1. The molecule has 2 radical (unpaired) electrons. The molecule has 4 aliphatic rings. The first-order chi connectivity index (χ1) is 15.0. The van der Waals surface area contributed by atoms with Crippen molar-refractivity contribution in [1.29, 1.82) is 0 Å². The number of anilines is 3.